The van der Waals surface area contributed by atoms with Crippen LogP contribution in [-0.2, 0) is 16.1 Å². The van der Waals surface area contributed by atoms with Gasteiger partial charge in [0.25, 0.3) is 0 Å². The lowest BCUT2D eigenvalue weighted by Crippen LogP contribution is -2.39. The summed E-state index contributed by atoms with van der Waals surface area (Å²) in [7, 11) is 0. The third kappa shape index (κ3) is 5.71. The van der Waals surface area contributed by atoms with Crippen molar-refractivity contribution >= 4 is 17.5 Å². The third-order valence-corrected chi connectivity index (χ3v) is 2.43. The largest absolute Gasteiger partial charge is 0.375 e. The monoisotopic (exact) mass is 255 g/mol. The predicted octanol–water partition coefficient (Wildman–Crippen LogP) is 2.34. The van der Waals surface area contributed by atoms with Gasteiger partial charge in [0.15, 0.2) is 0 Å². The molecule has 0 saturated carbocycles. The van der Waals surface area contributed by atoms with Gasteiger partial charge in [0.2, 0.25) is 5.91 Å². The highest BCUT2D eigenvalue weighted by atomic mass is 35.5. The average Bonchev–Trinajstić information content (AvgIpc) is 2.30. The normalized spacial score (nSPS) is 14.1. The number of hydrogen-bond acceptors (Lipinski definition) is 2. The summed E-state index contributed by atoms with van der Waals surface area (Å²) in [5.41, 5.74) is 1.12. The Bertz CT molecular complexity index is 341. The fraction of sp³-hybridized carbons (Fsp3) is 0.462. The molecule has 1 N–H and O–H groups in total. The van der Waals surface area contributed by atoms with E-state index >= 15 is 0 Å². The topological polar surface area (TPSA) is 38.3 Å². The minimum absolute atomic E-state index is 0.0348. The predicted molar refractivity (Wildman–Crippen MR) is 69.0 cm³/mol. The zero-order valence-corrected chi connectivity index (χ0v) is 10.9. The van der Waals surface area contributed by atoms with Gasteiger partial charge in [0, 0.05) is 6.04 Å². The van der Waals surface area contributed by atoms with Gasteiger partial charge in [-0.1, -0.05) is 30.3 Å². The van der Waals surface area contributed by atoms with E-state index in [1.54, 1.807) is 6.92 Å². The zero-order chi connectivity index (χ0) is 12.7. The molecule has 0 radical (unpaired) electrons. The molecule has 2 atom stereocenters. The Balaban J connectivity index is 2.20. The van der Waals surface area contributed by atoms with Crippen LogP contribution in [0, 0.1) is 0 Å². The highest BCUT2D eigenvalue weighted by molar-refractivity contribution is 6.30. The summed E-state index contributed by atoms with van der Waals surface area (Å²) < 4.78 is 5.50. The first-order valence-corrected chi connectivity index (χ1v) is 6.09. The number of nitrogens with one attached hydrogen (secondary N) is 1. The maximum absolute atomic E-state index is 11.3. The molecule has 0 aliphatic heterocycles. The lowest BCUT2D eigenvalue weighted by Gasteiger charge is -2.15. The number of halogens is 1. The molecule has 4 heteroatoms. The van der Waals surface area contributed by atoms with Crippen molar-refractivity contribution in [2.45, 2.75) is 31.9 Å². The molecule has 0 aromatic heterocycles. The fourth-order valence-corrected chi connectivity index (χ4v) is 1.39. The molecule has 0 saturated heterocycles. The van der Waals surface area contributed by atoms with Crippen molar-refractivity contribution in [2.24, 2.45) is 0 Å². The second-order valence-electron chi connectivity index (χ2n) is 4.03. The molecule has 1 amide bonds. The van der Waals surface area contributed by atoms with Crippen LogP contribution in [0.3, 0.4) is 0 Å². The summed E-state index contributed by atoms with van der Waals surface area (Å²) in [6.45, 7) is 4.57. The molecule has 1 rings (SSSR count). The number of hydrogen-bond donors (Lipinski definition) is 1. The van der Waals surface area contributed by atoms with E-state index < -0.39 is 5.38 Å². The second-order valence-corrected chi connectivity index (χ2v) is 4.68. The Morgan fingerprint density at radius 3 is 2.59 bits per heavy atom. The summed E-state index contributed by atoms with van der Waals surface area (Å²) in [6.07, 6.45) is 0. The van der Waals surface area contributed by atoms with E-state index in [-0.39, 0.29) is 11.9 Å². The van der Waals surface area contributed by atoms with Crippen molar-refractivity contribution in [2.75, 3.05) is 6.61 Å². The second kappa shape index (κ2) is 7.30. The van der Waals surface area contributed by atoms with Crippen LogP contribution in [0.15, 0.2) is 30.3 Å². The van der Waals surface area contributed by atoms with Crippen molar-refractivity contribution in [3.63, 3.8) is 0 Å². The molecule has 2 unspecified atom stereocenters. The lowest BCUT2D eigenvalue weighted by atomic mass is 10.2. The number of carbonyl (C=O) groups is 1. The van der Waals surface area contributed by atoms with Crippen molar-refractivity contribution in [3.05, 3.63) is 35.9 Å². The Kier molecular flexibility index (Phi) is 6.01. The summed E-state index contributed by atoms with van der Waals surface area (Å²) >= 11 is 5.65. The molecule has 94 valence electrons. The molecular weight excluding hydrogens is 238 g/mol. The first-order valence-electron chi connectivity index (χ1n) is 5.65. The summed E-state index contributed by atoms with van der Waals surface area (Å²) in [5.74, 6) is -0.164. The number of amides is 1. The Labute approximate surface area is 107 Å². The van der Waals surface area contributed by atoms with Crippen molar-refractivity contribution in [1.29, 1.82) is 0 Å². The van der Waals surface area contributed by atoms with Crippen molar-refractivity contribution in [1.82, 2.24) is 5.32 Å². The van der Waals surface area contributed by atoms with Crippen molar-refractivity contribution < 1.29 is 9.53 Å². The standard InChI is InChI=1S/C13H18ClNO2/c1-10(15-13(16)11(2)14)8-17-9-12-6-4-3-5-7-12/h3-7,10-11H,8-9H2,1-2H3,(H,15,16). The molecular formula is C13H18ClNO2. The maximum Gasteiger partial charge on any atom is 0.238 e. The molecule has 0 bridgehead atoms. The molecule has 3 nitrogen and oxygen atoms in total. The van der Waals surface area contributed by atoms with Crippen molar-refractivity contribution in [3.8, 4) is 0 Å². The van der Waals surface area contributed by atoms with Crippen LogP contribution in [-0.4, -0.2) is 23.9 Å². The van der Waals surface area contributed by atoms with Gasteiger partial charge in [-0.05, 0) is 19.4 Å². The smallest absolute Gasteiger partial charge is 0.238 e. The van der Waals surface area contributed by atoms with Crippen LogP contribution in [0.2, 0.25) is 0 Å². The quantitative estimate of drug-likeness (QED) is 0.793. The molecule has 1 aromatic carbocycles. The minimum atomic E-state index is -0.508. The molecule has 17 heavy (non-hydrogen) atoms. The Morgan fingerprint density at radius 2 is 2.00 bits per heavy atom. The molecule has 0 aliphatic carbocycles. The zero-order valence-electron chi connectivity index (χ0n) is 10.2. The van der Waals surface area contributed by atoms with Gasteiger partial charge in [0.1, 0.15) is 5.38 Å². The fourth-order valence-electron chi connectivity index (χ4n) is 1.33. The van der Waals surface area contributed by atoms with Gasteiger partial charge >= 0.3 is 0 Å². The van der Waals surface area contributed by atoms with Gasteiger partial charge < -0.3 is 10.1 Å². The van der Waals surface area contributed by atoms with E-state index in [4.69, 9.17) is 16.3 Å². The minimum Gasteiger partial charge on any atom is -0.375 e. The van der Waals surface area contributed by atoms with Crippen LogP contribution >= 0.6 is 11.6 Å². The van der Waals surface area contributed by atoms with Crippen LogP contribution in [0.1, 0.15) is 19.4 Å². The maximum atomic E-state index is 11.3. The van der Waals surface area contributed by atoms with E-state index in [2.05, 4.69) is 5.32 Å². The molecule has 1 aromatic rings. The number of ether oxygens (including phenoxy) is 1. The lowest BCUT2D eigenvalue weighted by molar-refractivity contribution is -0.121. The van der Waals surface area contributed by atoms with Crippen LogP contribution in [0.5, 0.6) is 0 Å². The number of carbonyl (C=O) groups excluding carboxylic acids is 1. The first-order chi connectivity index (χ1) is 8.09. The van der Waals surface area contributed by atoms with E-state index in [1.807, 2.05) is 37.3 Å². The third-order valence-electron chi connectivity index (χ3n) is 2.23. The Hall–Kier alpha value is -1.06. The van der Waals surface area contributed by atoms with E-state index in [9.17, 15) is 4.79 Å². The molecule has 0 spiro atoms. The van der Waals surface area contributed by atoms with E-state index in [0.29, 0.717) is 13.2 Å². The van der Waals surface area contributed by atoms with E-state index in [1.165, 1.54) is 0 Å². The Morgan fingerprint density at radius 1 is 1.35 bits per heavy atom. The molecule has 0 fully saturated rings. The highest BCUT2D eigenvalue weighted by Gasteiger charge is 2.12. The highest BCUT2D eigenvalue weighted by Crippen LogP contribution is 2.01. The SMILES string of the molecule is CC(COCc1ccccc1)NC(=O)C(C)Cl. The van der Waals surface area contributed by atoms with Gasteiger partial charge in [-0.2, -0.15) is 0 Å². The summed E-state index contributed by atoms with van der Waals surface area (Å²) in [4.78, 5) is 11.3. The first kappa shape index (κ1) is 14.0. The summed E-state index contributed by atoms with van der Waals surface area (Å²) in [6, 6.07) is 9.88. The molecule has 0 heterocycles. The summed E-state index contributed by atoms with van der Waals surface area (Å²) in [5, 5.41) is 2.26. The number of benzene rings is 1. The van der Waals surface area contributed by atoms with Gasteiger partial charge in [-0.25, -0.2) is 0 Å². The number of alkyl halides is 1. The number of rotatable bonds is 6. The van der Waals surface area contributed by atoms with Gasteiger partial charge in [0.05, 0.1) is 13.2 Å². The van der Waals surface area contributed by atoms with Gasteiger partial charge in [-0.15, -0.1) is 11.6 Å². The van der Waals surface area contributed by atoms with Gasteiger partial charge in [-0.3, -0.25) is 4.79 Å². The van der Waals surface area contributed by atoms with Crippen LogP contribution < -0.4 is 5.32 Å². The van der Waals surface area contributed by atoms with Crippen LogP contribution in [0.4, 0.5) is 0 Å². The van der Waals surface area contributed by atoms with Crippen LogP contribution in [0.25, 0.3) is 0 Å². The molecule has 0 aliphatic rings. The van der Waals surface area contributed by atoms with E-state index in [0.717, 1.165) is 5.56 Å². The average molecular weight is 256 g/mol.